The van der Waals surface area contributed by atoms with Gasteiger partial charge in [-0.15, -0.1) is 47.0 Å². The van der Waals surface area contributed by atoms with E-state index in [0.717, 1.165) is 38.9 Å². The molecule has 0 aliphatic carbocycles. The number of hydrogen-bond acceptors (Lipinski definition) is 15. The number of amides is 1. The normalized spacial score (nSPS) is 11.4. The molecule has 10 nitrogen and oxygen atoms in total. The minimum absolute atomic E-state index is 0.176. The molecule has 0 atom stereocenters. The Labute approximate surface area is 235 Å². The molecule has 0 aliphatic rings. The van der Waals surface area contributed by atoms with Gasteiger partial charge in [0.25, 0.3) is 0 Å². The second-order valence-electron chi connectivity index (χ2n) is 5.85. The number of carbonyl (C=O) groups is 1. The maximum absolute atomic E-state index is 11.6. The highest BCUT2D eigenvalue weighted by Crippen LogP contribution is 2.12. The highest BCUT2D eigenvalue weighted by molar-refractivity contribution is 8.16. The van der Waals surface area contributed by atoms with E-state index in [4.69, 9.17) is 29.4 Å². The average Bonchev–Trinajstić information content (AvgIpc) is 2.86. The highest BCUT2D eigenvalue weighted by atomic mass is 32.2. The summed E-state index contributed by atoms with van der Waals surface area (Å²) in [5, 5.41) is 13.2. The molecule has 0 aromatic rings. The van der Waals surface area contributed by atoms with Gasteiger partial charge in [-0.3, -0.25) is 9.98 Å². The molecule has 0 aromatic heterocycles. The van der Waals surface area contributed by atoms with Crippen molar-refractivity contribution in [3.05, 3.63) is 0 Å². The summed E-state index contributed by atoms with van der Waals surface area (Å²) in [7, 11) is 0. The van der Waals surface area contributed by atoms with Crippen molar-refractivity contribution in [1.82, 2.24) is 5.32 Å². The summed E-state index contributed by atoms with van der Waals surface area (Å²) in [5.41, 5.74) is 0. The number of aliphatic hydroxyl groups excluding tert-OH is 1. The van der Waals surface area contributed by atoms with Crippen LogP contribution >= 0.6 is 71.4 Å². The molecule has 0 bridgehead atoms. The van der Waals surface area contributed by atoms with Crippen molar-refractivity contribution in [2.75, 3.05) is 96.5 Å². The van der Waals surface area contributed by atoms with Crippen LogP contribution in [0, 0.1) is 0 Å². The summed E-state index contributed by atoms with van der Waals surface area (Å²) < 4.78 is 5.15. The Morgan fingerprint density at radius 2 is 1.40 bits per heavy atom. The lowest BCUT2D eigenvalue weighted by Crippen LogP contribution is -2.27. The maximum Gasteiger partial charge on any atom is 0.407 e. The first-order valence-corrected chi connectivity index (χ1v) is 17.3. The number of rotatable bonds is 27. The third kappa shape index (κ3) is 32.2. The fourth-order valence-corrected chi connectivity index (χ4v) is 6.00. The molecule has 0 spiro atoms. The van der Waals surface area contributed by atoms with Gasteiger partial charge in [-0.25, -0.2) is 4.79 Å². The maximum atomic E-state index is 11.6. The van der Waals surface area contributed by atoms with Gasteiger partial charge in [-0.05, 0) is 0 Å². The fraction of sp³-hybridized carbons (Fsp3) is 0.842. The van der Waals surface area contributed by atoms with Crippen LogP contribution in [0.5, 0.6) is 0 Å². The van der Waals surface area contributed by atoms with Crippen molar-refractivity contribution in [3.63, 3.8) is 0 Å². The van der Waals surface area contributed by atoms with Crippen molar-refractivity contribution in [2.45, 2.75) is 0 Å². The van der Waals surface area contributed by atoms with Gasteiger partial charge in [-0.1, -0.05) is 0 Å². The van der Waals surface area contributed by atoms with E-state index in [1.165, 1.54) is 12.8 Å². The lowest BCUT2D eigenvalue weighted by molar-refractivity contribution is -0.210. The van der Waals surface area contributed by atoms with Gasteiger partial charge in [-0.2, -0.15) is 34.2 Å². The van der Waals surface area contributed by atoms with Gasteiger partial charge in [0.15, 0.2) is 0 Å². The SMILES string of the molecule is O=C(NCCSCSCC/N=C\OOCCSCCO)OCCSCSCCOO/C=N/CCS. The van der Waals surface area contributed by atoms with Crippen LogP contribution in [0.15, 0.2) is 9.98 Å². The molecule has 16 heteroatoms. The number of thioether (sulfide) groups is 5. The van der Waals surface area contributed by atoms with E-state index in [0.29, 0.717) is 51.0 Å². The lowest BCUT2D eigenvalue weighted by atomic mass is 10.7. The number of nitrogens with zero attached hydrogens (tertiary/aromatic N) is 2. The number of aliphatic hydroxyl groups is 1. The third-order valence-electron chi connectivity index (χ3n) is 3.13. The van der Waals surface area contributed by atoms with E-state index < -0.39 is 0 Å². The van der Waals surface area contributed by atoms with Crippen LogP contribution in [0.2, 0.25) is 0 Å². The Balaban J connectivity index is 3.21. The van der Waals surface area contributed by atoms with Crippen LogP contribution in [0.25, 0.3) is 0 Å². The van der Waals surface area contributed by atoms with Crippen LogP contribution in [0.3, 0.4) is 0 Å². The number of aliphatic imine (C=N–C) groups is 2. The Morgan fingerprint density at radius 1 is 0.800 bits per heavy atom. The zero-order valence-electron chi connectivity index (χ0n) is 19.7. The van der Waals surface area contributed by atoms with E-state index in [1.807, 2.05) is 0 Å². The summed E-state index contributed by atoms with van der Waals surface area (Å²) in [6, 6.07) is 0. The summed E-state index contributed by atoms with van der Waals surface area (Å²) in [6.45, 7) is 3.35. The second-order valence-corrected chi connectivity index (χ2v) is 12.7. The summed E-state index contributed by atoms with van der Waals surface area (Å²) >= 11 is 12.6. The number of alkyl carbamates (subject to hydrolysis) is 1. The molecule has 1 amide bonds. The summed E-state index contributed by atoms with van der Waals surface area (Å²) in [5.74, 6) is 5.43. The van der Waals surface area contributed by atoms with Crippen molar-refractivity contribution in [2.24, 2.45) is 9.98 Å². The highest BCUT2D eigenvalue weighted by Gasteiger charge is 2.01. The second kappa shape index (κ2) is 32.2. The molecule has 0 saturated heterocycles. The number of ether oxygens (including phenoxy) is 1. The van der Waals surface area contributed by atoms with E-state index >= 15 is 0 Å². The minimum atomic E-state index is -0.375. The Bertz CT molecular complexity index is 514. The van der Waals surface area contributed by atoms with Crippen molar-refractivity contribution >= 4 is 90.3 Å². The molecule has 0 fully saturated rings. The predicted molar refractivity (Wildman–Crippen MR) is 158 cm³/mol. The van der Waals surface area contributed by atoms with Crippen LogP contribution in [0.1, 0.15) is 0 Å². The van der Waals surface area contributed by atoms with Gasteiger partial charge in [0.1, 0.15) is 19.8 Å². The Hall–Kier alpha value is 0.190. The Kier molecular flexibility index (Phi) is 32.4. The quantitative estimate of drug-likeness (QED) is 0.0241. The van der Waals surface area contributed by atoms with Crippen LogP contribution < -0.4 is 5.32 Å². The van der Waals surface area contributed by atoms with Crippen molar-refractivity contribution in [1.29, 1.82) is 0 Å². The summed E-state index contributed by atoms with van der Waals surface area (Å²) in [6.07, 6.45) is 2.22. The first-order valence-electron chi connectivity index (χ1n) is 10.9. The number of hydrogen-bond donors (Lipinski definition) is 3. The molecule has 35 heavy (non-hydrogen) atoms. The van der Waals surface area contributed by atoms with Crippen molar-refractivity contribution < 1.29 is 34.2 Å². The third-order valence-corrected chi connectivity index (χ3v) is 8.80. The molecule has 0 unspecified atom stereocenters. The first-order chi connectivity index (χ1) is 17.3. The molecule has 0 rings (SSSR count). The zero-order valence-corrected chi connectivity index (χ0v) is 24.7. The molecular formula is C19H37N3O7S6. The van der Waals surface area contributed by atoms with Crippen LogP contribution in [-0.2, 0) is 24.3 Å². The van der Waals surface area contributed by atoms with E-state index in [1.54, 1.807) is 58.8 Å². The fourth-order valence-electron chi connectivity index (χ4n) is 1.67. The molecule has 0 radical (unpaired) electrons. The molecular weight excluding hydrogens is 575 g/mol. The topological polar surface area (TPSA) is 120 Å². The molecule has 0 heterocycles. The monoisotopic (exact) mass is 611 g/mol. The van der Waals surface area contributed by atoms with E-state index in [9.17, 15) is 4.79 Å². The summed E-state index contributed by atoms with van der Waals surface area (Å²) in [4.78, 5) is 39.1. The van der Waals surface area contributed by atoms with Gasteiger partial charge in [0.2, 0.25) is 12.8 Å². The molecule has 0 aliphatic heterocycles. The Morgan fingerprint density at radius 3 is 2.09 bits per heavy atom. The molecule has 206 valence electrons. The predicted octanol–water partition coefficient (Wildman–Crippen LogP) is 3.17. The van der Waals surface area contributed by atoms with Crippen molar-refractivity contribution in [3.8, 4) is 0 Å². The van der Waals surface area contributed by atoms with Crippen LogP contribution in [0.4, 0.5) is 4.79 Å². The van der Waals surface area contributed by atoms with Gasteiger partial charge >= 0.3 is 6.09 Å². The molecule has 0 aromatic carbocycles. The zero-order chi connectivity index (χ0) is 25.5. The standard InChI is InChI=1S/C19H37N3O7S6/c23-4-11-31-13-6-26-29-16-21-2-9-32-17-33-10-3-22-19(24)25-5-12-34-18-35-14-7-27-28-15-20-1-8-30/h15-16,23,30H,1-14,17-18H2,(H,22,24)/b20-15+,21-16-. The number of carbonyl (C=O) groups excluding carboxylic acids is 1. The molecule has 0 saturated carbocycles. The largest absolute Gasteiger partial charge is 0.449 e. The first kappa shape index (κ1) is 35.2. The lowest BCUT2D eigenvalue weighted by Gasteiger charge is -2.07. The number of nitrogens with one attached hydrogen (secondary N) is 1. The van der Waals surface area contributed by atoms with Gasteiger partial charge in [0, 0.05) is 57.0 Å². The molecule has 2 N–H and O–H groups in total. The smallest absolute Gasteiger partial charge is 0.407 e. The minimum Gasteiger partial charge on any atom is -0.449 e. The van der Waals surface area contributed by atoms with Gasteiger partial charge in [0.05, 0.1) is 19.7 Å². The van der Waals surface area contributed by atoms with Gasteiger partial charge < -0.3 is 24.9 Å². The average molecular weight is 612 g/mol. The van der Waals surface area contributed by atoms with E-state index in [-0.39, 0.29) is 12.7 Å². The van der Waals surface area contributed by atoms with Crippen LogP contribution in [-0.4, -0.2) is 121 Å². The number of thiol groups is 1. The van der Waals surface area contributed by atoms with E-state index in [2.05, 4.69) is 27.9 Å².